The molecule has 3 aromatic rings. The second kappa shape index (κ2) is 8.81. The third-order valence-electron chi connectivity index (χ3n) is 3.87. The van der Waals surface area contributed by atoms with Crippen molar-refractivity contribution in [3.63, 3.8) is 0 Å². The van der Waals surface area contributed by atoms with E-state index in [9.17, 15) is 14.0 Å². The molecule has 0 bridgehead atoms. The Bertz CT molecular complexity index is 948. The first-order chi connectivity index (χ1) is 13.6. The van der Waals surface area contributed by atoms with E-state index >= 15 is 0 Å². The van der Waals surface area contributed by atoms with E-state index in [1.165, 1.54) is 29.4 Å². The van der Waals surface area contributed by atoms with Gasteiger partial charge in [0.1, 0.15) is 5.82 Å². The van der Waals surface area contributed by atoms with Gasteiger partial charge in [-0.15, -0.1) is 6.58 Å². The first-order valence-electron chi connectivity index (χ1n) is 8.48. The molecule has 0 aliphatic heterocycles. The number of aromatic nitrogens is 1. The Balaban J connectivity index is 1.61. The molecule has 0 aliphatic rings. The minimum absolute atomic E-state index is 0.0844. The van der Waals surface area contributed by atoms with Gasteiger partial charge >= 0.3 is 0 Å². The number of hydrogen-bond donors (Lipinski definition) is 1. The molecule has 0 atom stereocenters. The second-order valence-corrected chi connectivity index (χ2v) is 5.94. The van der Waals surface area contributed by atoms with Crippen LogP contribution >= 0.6 is 0 Å². The van der Waals surface area contributed by atoms with E-state index in [0.29, 0.717) is 5.76 Å². The molecule has 1 N–H and O–H groups in total. The van der Waals surface area contributed by atoms with Crippen LogP contribution in [0.2, 0.25) is 0 Å². The molecule has 2 heterocycles. The molecular weight excluding hydrogens is 365 g/mol. The number of halogens is 1. The molecule has 8 heteroatoms. The lowest BCUT2D eigenvalue weighted by Gasteiger charge is -2.17. The molecule has 28 heavy (non-hydrogen) atoms. The molecule has 2 aromatic heterocycles. The highest BCUT2D eigenvalue weighted by Crippen LogP contribution is 2.12. The largest absolute Gasteiger partial charge is 0.459 e. The Hall–Kier alpha value is -3.68. The van der Waals surface area contributed by atoms with Gasteiger partial charge in [0.2, 0.25) is 0 Å². The lowest BCUT2D eigenvalue weighted by atomic mass is 10.2. The average molecular weight is 383 g/mol. The number of furan rings is 1. The van der Waals surface area contributed by atoms with Crippen molar-refractivity contribution in [2.75, 3.05) is 6.54 Å². The van der Waals surface area contributed by atoms with Crippen molar-refractivity contribution >= 4 is 11.8 Å². The molecule has 0 saturated carbocycles. The minimum Gasteiger partial charge on any atom is -0.459 e. The summed E-state index contributed by atoms with van der Waals surface area (Å²) in [6.07, 6.45) is 2.99. The fourth-order valence-corrected chi connectivity index (χ4v) is 2.49. The van der Waals surface area contributed by atoms with E-state index in [2.05, 4.69) is 17.1 Å². The Morgan fingerprint density at radius 1 is 1.25 bits per heavy atom. The zero-order chi connectivity index (χ0) is 19.9. The Kier molecular flexibility index (Phi) is 6.01. The highest BCUT2D eigenvalue weighted by molar-refractivity contribution is 5.92. The topological polar surface area (TPSA) is 88.6 Å². The summed E-state index contributed by atoms with van der Waals surface area (Å²) in [6, 6.07) is 10.4. The van der Waals surface area contributed by atoms with E-state index in [-0.39, 0.29) is 42.8 Å². The fraction of sp³-hybridized carbons (Fsp3) is 0.150. The van der Waals surface area contributed by atoms with Gasteiger partial charge in [-0.25, -0.2) is 4.39 Å². The smallest absolute Gasteiger partial charge is 0.290 e. The van der Waals surface area contributed by atoms with Crippen LogP contribution in [0.15, 0.2) is 70.3 Å². The molecule has 0 radical (unpaired) electrons. The maximum Gasteiger partial charge on any atom is 0.290 e. The molecule has 1 aromatic carbocycles. The molecule has 0 unspecified atom stereocenters. The van der Waals surface area contributed by atoms with Crippen molar-refractivity contribution in [2.45, 2.75) is 13.1 Å². The number of benzene rings is 1. The van der Waals surface area contributed by atoms with Gasteiger partial charge in [0.25, 0.3) is 11.8 Å². The summed E-state index contributed by atoms with van der Waals surface area (Å²) in [5.41, 5.74) is 0.834. The number of amides is 2. The Morgan fingerprint density at radius 3 is 2.71 bits per heavy atom. The monoisotopic (exact) mass is 383 g/mol. The normalized spacial score (nSPS) is 10.5. The highest BCUT2D eigenvalue weighted by Gasteiger charge is 2.20. The zero-order valence-corrected chi connectivity index (χ0v) is 14.9. The molecular formula is C20H18FN3O4. The Labute approximate surface area is 160 Å². The molecule has 2 amide bonds. The predicted molar refractivity (Wildman–Crippen MR) is 97.7 cm³/mol. The lowest BCUT2D eigenvalue weighted by molar-refractivity contribution is 0.0715. The SMILES string of the molecule is C=CCN(Cc1cc(C(=O)NCc2ccc(F)cc2)no1)C(=O)c1ccco1. The van der Waals surface area contributed by atoms with Gasteiger partial charge in [0.05, 0.1) is 12.8 Å². The van der Waals surface area contributed by atoms with Gasteiger partial charge in [0.15, 0.2) is 17.2 Å². The first kappa shape index (κ1) is 19.1. The number of nitrogens with zero attached hydrogens (tertiary/aromatic N) is 2. The number of carbonyl (C=O) groups excluding carboxylic acids is 2. The van der Waals surface area contributed by atoms with Crippen molar-refractivity contribution < 1.29 is 22.9 Å². The van der Waals surface area contributed by atoms with Crippen molar-refractivity contribution in [1.29, 1.82) is 0 Å². The Morgan fingerprint density at radius 2 is 2.04 bits per heavy atom. The number of carbonyl (C=O) groups is 2. The number of nitrogens with one attached hydrogen (secondary N) is 1. The van der Waals surface area contributed by atoms with Crippen LogP contribution in [0.5, 0.6) is 0 Å². The summed E-state index contributed by atoms with van der Waals surface area (Å²) in [4.78, 5) is 26.1. The fourth-order valence-electron chi connectivity index (χ4n) is 2.49. The standard InChI is InChI=1S/C20H18FN3O4/c1-2-9-24(20(26)18-4-3-10-27-18)13-16-11-17(23-28-16)19(25)22-12-14-5-7-15(21)8-6-14/h2-8,10-11H,1,9,12-13H2,(H,22,25). The zero-order valence-electron chi connectivity index (χ0n) is 14.9. The predicted octanol–water partition coefficient (Wildman–Crippen LogP) is 3.17. The number of rotatable bonds is 8. The van der Waals surface area contributed by atoms with E-state index < -0.39 is 5.91 Å². The summed E-state index contributed by atoms with van der Waals surface area (Å²) in [5.74, 6) is -0.577. The summed E-state index contributed by atoms with van der Waals surface area (Å²) >= 11 is 0. The van der Waals surface area contributed by atoms with Gasteiger partial charge in [-0.2, -0.15) is 0 Å². The summed E-state index contributed by atoms with van der Waals surface area (Å²) < 4.78 is 23.2. The van der Waals surface area contributed by atoms with Crippen LogP contribution in [0.1, 0.15) is 32.4 Å². The van der Waals surface area contributed by atoms with Crippen LogP contribution < -0.4 is 5.32 Å². The van der Waals surface area contributed by atoms with Crippen LogP contribution in [0.25, 0.3) is 0 Å². The maximum atomic E-state index is 12.9. The van der Waals surface area contributed by atoms with Crippen molar-refractivity contribution in [1.82, 2.24) is 15.4 Å². The van der Waals surface area contributed by atoms with Gasteiger partial charge < -0.3 is 19.2 Å². The highest BCUT2D eigenvalue weighted by atomic mass is 19.1. The van der Waals surface area contributed by atoms with E-state index in [1.54, 1.807) is 30.3 Å². The first-order valence-corrected chi connectivity index (χ1v) is 8.48. The van der Waals surface area contributed by atoms with E-state index in [0.717, 1.165) is 5.56 Å². The van der Waals surface area contributed by atoms with Crippen molar-refractivity contribution in [2.24, 2.45) is 0 Å². The molecule has 7 nitrogen and oxygen atoms in total. The van der Waals surface area contributed by atoms with E-state index in [1.807, 2.05) is 0 Å². The van der Waals surface area contributed by atoms with Gasteiger partial charge in [-0.3, -0.25) is 9.59 Å². The molecule has 0 spiro atoms. The average Bonchev–Trinajstić information content (AvgIpc) is 3.39. The molecule has 0 aliphatic carbocycles. The third-order valence-corrected chi connectivity index (χ3v) is 3.87. The van der Waals surface area contributed by atoms with Crippen LogP contribution in [-0.2, 0) is 13.1 Å². The van der Waals surface area contributed by atoms with Crippen LogP contribution in [0.4, 0.5) is 4.39 Å². The summed E-state index contributed by atoms with van der Waals surface area (Å²) in [7, 11) is 0. The van der Waals surface area contributed by atoms with Gasteiger partial charge in [-0.05, 0) is 29.8 Å². The molecule has 144 valence electrons. The van der Waals surface area contributed by atoms with Crippen molar-refractivity contribution in [3.8, 4) is 0 Å². The van der Waals surface area contributed by atoms with Crippen LogP contribution in [-0.4, -0.2) is 28.4 Å². The molecule has 3 rings (SSSR count). The van der Waals surface area contributed by atoms with Gasteiger partial charge in [-0.1, -0.05) is 23.4 Å². The van der Waals surface area contributed by atoms with Crippen LogP contribution in [0.3, 0.4) is 0 Å². The third kappa shape index (κ3) is 4.73. The lowest BCUT2D eigenvalue weighted by Crippen LogP contribution is -2.30. The second-order valence-electron chi connectivity index (χ2n) is 5.94. The number of hydrogen-bond acceptors (Lipinski definition) is 5. The van der Waals surface area contributed by atoms with Crippen molar-refractivity contribution in [3.05, 3.63) is 90.0 Å². The summed E-state index contributed by atoms with van der Waals surface area (Å²) in [6.45, 7) is 4.23. The van der Waals surface area contributed by atoms with E-state index in [4.69, 9.17) is 8.94 Å². The quantitative estimate of drug-likeness (QED) is 0.604. The minimum atomic E-state index is -0.438. The van der Waals surface area contributed by atoms with Crippen LogP contribution in [0, 0.1) is 5.82 Å². The molecule has 0 saturated heterocycles. The maximum absolute atomic E-state index is 12.9. The molecule has 0 fully saturated rings. The summed E-state index contributed by atoms with van der Waals surface area (Å²) in [5, 5.41) is 6.42. The van der Waals surface area contributed by atoms with Gasteiger partial charge in [0, 0.05) is 19.2 Å².